The molecule has 0 fully saturated rings. The van der Waals surface area contributed by atoms with E-state index in [1.165, 1.54) is 49.6 Å². The highest BCUT2D eigenvalue weighted by molar-refractivity contribution is 6.35. The zero-order valence-corrected chi connectivity index (χ0v) is 17.6. The number of hydrogen-bond donors (Lipinski definition) is 2. The van der Waals surface area contributed by atoms with Crippen molar-refractivity contribution in [2.24, 2.45) is 0 Å². The van der Waals surface area contributed by atoms with Crippen molar-refractivity contribution in [3.63, 3.8) is 0 Å². The van der Waals surface area contributed by atoms with Gasteiger partial charge in [-0.15, -0.1) is 0 Å². The molecule has 0 aromatic heterocycles. The normalized spacial score (nSPS) is 10.5. The van der Waals surface area contributed by atoms with Crippen LogP contribution in [0.3, 0.4) is 0 Å². The molecule has 0 radical (unpaired) electrons. The summed E-state index contributed by atoms with van der Waals surface area (Å²) in [5, 5.41) is 5.18. The van der Waals surface area contributed by atoms with Crippen LogP contribution in [0.4, 0.5) is 24.5 Å². The Morgan fingerprint density at radius 2 is 1.72 bits per heavy atom. The van der Waals surface area contributed by atoms with E-state index in [1.807, 2.05) is 0 Å². The van der Waals surface area contributed by atoms with Crippen molar-refractivity contribution in [1.29, 1.82) is 0 Å². The van der Waals surface area contributed by atoms with Crippen LogP contribution in [0.25, 0.3) is 0 Å². The number of methoxy groups -OCH3 is 1. The first-order valence-electron chi connectivity index (χ1n) is 9.42. The van der Waals surface area contributed by atoms with Gasteiger partial charge in [0.25, 0.3) is 5.91 Å². The van der Waals surface area contributed by atoms with E-state index < -0.39 is 30.0 Å². The summed E-state index contributed by atoms with van der Waals surface area (Å²) in [6.45, 7) is -0.945. The second-order valence-corrected chi connectivity index (χ2v) is 7.04. The molecule has 0 atom stereocenters. The van der Waals surface area contributed by atoms with E-state index in [-0.39, 0.29) is 33.9 Å². The van der Waals surface area contributed by atoms with Gasteiger partial charge in [0.05, 0.1) is 23.4 Å². The molecule has 2 N–H and O–H groups in total. The number of anilines is 2. The maximum atomic E-state index is 13.9. The first-order valence-corrected chi connectivity index (χ1v) is 9.80. The molecule has 5 nitrogen and oxygen atoms in total. The van der Waals surface area contributed by atoms with Crippen LogP contribution in [0.2, 0.25) is 5.02 Å². The molecule has 3 rings (SSSR count). The molecular weight excluding hydrogens is 445 g/mol. The van der Waals surface area contributed by atoms with Gasteiger partial charge >= 0.3 is 0 Å². The Morgan fingerprint density at radius 3 is 2.38 bits per heavy atom. The van der Waals surface area contributed by atoms with Crippen molar-refractivity contribution in [2.75, 3.05) is 25.6 Å². The quantitative estimate of drug-likeness (QED) is 0.446. The third kappa shape index (κ3) is 5.20. The SMILES string of the molecule is COc1ccc(C(=O)NCCF)c(C(=O)c2ccc(Nc3ccc(F)cc3F)cc2Cl)c1. The number of carbonyl (C=O) groups is 2. The van der Waals surface area contributed by atoms with Crippen LogP contribution in [0.5, 0.6) is 5.75 Å². The highest BCUT2D eigenvalue weighted by Gasteiger charge is 2.21. The number of benzene rings is 3. The maximum absolute atomic E-state index is 13.9. The van der Waals surface area contributed by atoms with Gasteiger partial charge in [0.1, 0.15) is 24.1 Å². The van der Waals surface area contributed by atoms with Crippen molar-refractivity contribution >= 4 is 34.7 Å². The van der Waals surface area contributed by atoms with Gasteiger partial charge in [-0.1, -0.05) is 11.6 Å². The first kappa shape index (κ1) is 23.1. The summed E-state index contributed by atoms with van der Waals surface area (Å²) in [7, 11) is 1.41. The van der Waals surface area contributed by atoms with E-state index in [9.17, 15) is 22.8 Å². The standard InChI is InChI=1S/C23H18ClF3N2O3/c1-32-15-4-6-16(23(31)28-9-8-25)18(12-15)22(30)17-5-3-14(11-19(17)24)29-21-7-2-13(26)10-20(21)27/h2-7,10-12,29H,8-9H2,1H3,(H,28,31). The van der Waals surface area contributed by atoms with Gasteiger partial charge in [0, 0.05) is 29.4 Å². The van der Waals surface area contributed by atoms with Crippen LogP contribution >= 0.6 is 11.6 Å². The molecule has 9 heteroatoms. The number of carbonyl (C=O) groups excluding carboxylic acids is 2. The Balaban J connectivity index is 1.93. The maximum Gasteiger partial charge on any atom is 0.252 e. The number of ether oxygens (including phenoxy) is 1. The number of nitrogens with one attached hydrogen (secondary N) is 2. The second kappa shape index (κ2) is 10.2. The minimum absolute atomic E-state index is 0.0212. The lowest BCUT2D eigenvalue weighted by Gasteiger charge is -2.13. The molecule has 0 saturated heterocycles. The van der Waals surface area contributed by atoms with Gasteiger partial charge in [-0.25, -0.2) is 13.2 Å². The number of alkyl halides is 1. The second-order valence-electron chi connectivity index (χ2n) is 6.63. The summed E-state index contributed by atoms with van der Waals surface area (Å²) >= 11 is 6.30. The van der Waals surface area contributed by atoms with Crippen LogP contribution < -0.4 is 15.4 Å². The number of ketones is 1. The molecule has 0 spiro atoms. The number of amides is 1. The molecule has 0 aliphatic carbocycles. The Hall–Kier alpha value is -3.52. The zero-order chi connectivity index (χ0) is 23.3. The van der Waals surface area contributed by atoms with E-state index in [0.717, 1.165) is 12.1 Å². The highest BCUT2D eigenvalue weighted by Crippen LogP contribution is 2.29. The van der Waals surface area contributed by atoms with E-state index in [0.29, 0.717) is 11.4 Å². The van der Waals surface area contributed by atoms with Crippen molar-refractivity contribution in [3.8, 4) is 5.75 Å². The smallest absolute Gasteiger partial charge is 0.252 e. The largest absolute Gasteiger partial charge is 0.497 e. The third-order valence-corrected chi connectivity index (χ3v) is 4.83. The molecule has 0 heterocycles. The third-order valence-electron chi connectivity index (χ3n) is 4.52. The van der Waals surface area contributed by atoms with Gasteiger partial charge in [-0.05, 0) is 48.5 Å². The average Bonchev–Trinajstić information content (AvgIpc) is 2.78. The molecule has 1 amide bonds. The predicted octanol–water partition coefficient (Wildman–Crippen LogP) is 5.30. The topological polar surface area (TPSA) is 67.4 Å². The molecule has 3 aromatic rings. The lowest BCUT2D eigenvalue weighted by atomic mass is 9.97. The Morgan fingerprint density at radius 1 is 0.969 bits per heavy atom. The monoisotopic (exact) mass is 462 g/mol. The van der Waals surface area contributed by atoms with Gasteiger partial charge in [-0.2, -0.15) is 0 Å². The molecule has 0 unspecified atom stereocenters. The molecule has 0 aliphatic heterocycles. The van der Waals surface area contributed by atoms with Gasteiger partial charge in [0.15, 0.2) is 5.78 Å². The van der Waals surface area contributed by atoms with Crippen molar-refractivity contribution in [3.05, 3.63) is 87.9 Å². The van der Waals surface area contributed by atoms with E-state index in [2.05, 4.69) is 10.6 Å². The minimum atomic E-state index is -0.790. The molecule has 3 aromatic carbocycles. The number of hydrogen-bond acceptors (Lipinski definition) is 4. The first-order chi connectivity index (χ1) is 15.3. The van der Waals surface area contributed by atoms with Crippen LogP contribution in [0.15, 0.2) is 54.6 Å². The lowest BCUT2D eigenvalue weighted by molar-refractivity contribution is 0.0939. The van der Waals surface area contributed by atoms with E-state index in [1.54, 1.807) is 0 Å². The fourth-order valence-corrected chi connectivity index (χ4v) is 3.23. The van der Waals surface area contributed by atoms with E-state index >= 15 is 0 Å². The summed E-state index contributed by atoms with van der Waals surface area (Å²) in [6.07, 6.45) is 0. The Bertz CT molecular complexity index is 1170. The fraction of sp³-hybridized carbons (Fsp3) is 0.130. The van der Waals surface area contributed by atoms with Gasteiger partial charge in [-0.3, -0.25) is 9.59 Å². The minimum Gasteiger partial charge on any atom is -0.497 e. The number of rotatable bonds is 8. The summed E-state index contributed by atoms with van der Waals surface area (Å²) in [4.78, 5) is 25.6. The average molecular weight is 463 g/mol. The Labute approximate surface area is 187 Å². The number of halogens is 4. The lowest BCUT2D eigenvalue weighted by Crippen LogP contribution is -2.27. The summed E-state index contributed by atoms with van der Waals surface area (Å²) in [6, 6.07) is 11.7. The fourth-order valence-electron chi connectivity index (χ4n) is 2.96. The van der Waals surface area contributed by atoms with Crippen molar-refractivity contribution in [1.82, 2.24) is 5.32 Å². The van der Waals surface area contributed by atoms with E-state index in [4.69, 9.17) is 16.3 Å². The summed E-state index contributed by atoms with van der Waals surface area (Å²) in [5.74, 6) is -2.33. The zero-order valence-electron chi connectivity index (χ0n) is 16.8. The van der Waals surface area contributed by atoms with Gasteiger partial charge < -0.3 is 15.4 Å². The molecule has 0 saturated carbocycles. The molecule has 0 aliphatic rings. The van der Waals surface area contributed by atoms with Crippen LogP contribution in [0.1, 0.15) is 26.3 Å². The predicted molar refractivity (Wildman–Crippen MR) is 116 cm³/mol. The molecule has 166 valence electrons. The van der Waals surface area contributed by atoms with Gasteiger partial charge in [0.2, 0.25) is 0 Å². The molecule has 0 bridgehead atoms. The van der Waals surface area contributed by atoms with Crippen LogP contribution in [-0.2, 0) is 0 Å². The summed E-state index contributed by atoms with van der Waals surface area (Å²) in [5.41, 5.74) is 0.540. The van der Waals surface area contributed by atoms with Crippen molar-refractivity contribution < 1.29 is 27.5 Å². The molecular formula is C23H18ClF3N2O3. The molecule has 32 heavy (non-hydrogen) atoms. The highest BCUT2D eigenvalue weighted by atomic mass is 35.5. The van der Waals surface area contributed by atoms with Crippen LogP contribution in [0, 0.1) is 11.6 Å². The summed E-state index contributed by atoms with van der Waals surface area (Å²) < 4.78 is 44.5. The van der Waals surface area contributed by atoms with Crippen molar-refractivity contribution in [2.45, 2.75) is 0 Å². The Kier molecular flexibility index (Phi) is 7.37. The van der Waals surface area contributed by atoms with Crippen LogP contribution in [-0.4, -0.2) is 32.0 Å².